The van der Waals surface area contributed by atoms with Crippen LogP contribution in [0.15, 0.2) is 18.3 Å². The van der Waals surface area contributed by atoms with Crippen LogP contribution in [0.25, 0.3) is 0 Å². The number of amides is 1. The molecule has 0 spiro atoms. The molecule has 1 heterocycles. The number of nitrogens with two attached hydrogens (primary N) is 1. The molecule has 1 amide bonds. The number of carbonyl (C=O) groups is 1. The number of nitrogens with zero attached hydrogens (tertiary/aromatic N) is 1. The molecule has 0 bridgehead atoms. The van der Waals surface area contributed by atoms with Crippen LogP contribution in [0, 0.1) is 0 Å². The molecule has 2 rings (SSSR count). The van der Waals surface area contributed by atoms with Crippen molar-refractivity contribution in [3.8, 4) is 5.75 Å². The van der Waals surface area contributed by atoms with E-state index in [0.29, 0.717) is 11.4 Å². The summed E-state index contributed by atoms with van der Waals surface area (Å²) in [6.07, 6.45) is 5.90. The molecule has 18 heavy (non-hydrogen) atoms. The smallest absolute Gasteiger partial charge is 0.269 e. The van der Waals surface area contributed by atoms with Gasteiger partial charge in [0.25, 0.3) is 5.91 Å². The molecule has 1 fully saturated rings. The van der Waals surface area contributed by atoms with E-state index in [1.807, 2.05) is 0 Å². The van der Waals surface area contributed by atoms with Gasteiger partial charge in [0.15, 0.2) is 0 Å². The minimum Gasteiger partial charge on any atom is -0.489 e. The molecule has 5 heteroatoms. The summed E-state index contributed by atoms with van der Waals surface area (Å²) >= 11 is 0. The van der Waals surface area contributed by atoms with Gasteiger partial charge in [-0.2, -0.15) is 0 Å². The van der Waals surface area contributed by atoms with Crippen LogP contribution in [0.5, 0.6) is 5.75 Å². The predicted octanol–water partition coefficient (Wildman–Crippen LogP) is 1.09. The Bertz CT molecular complexity index is 422. The Morgan fingerprint density at radius 1 is 1.50 bits per heavy atom. The van der Waals surface area contributed by atoms with Crippen molar-refractivity contribution in [2.75, 3.05) is 7.05 Å². The first-order valence-corrected chi connectivity index (χ1v) is 6.31. The number of rotatable bonds is 3. The fourth-order valence-electron chi connectivity index (χ4n) is 2.18. The van der Waals surface area contributed by atoms with Crippen molar-refractivity contribution >= 4 is 5.91 Å². The van der Waals surface area contributed by atoms with Crippen molar-refractivity contribution in [2.24, 2.45) is 5.73 Å². The Kier molecular flexibility index (Phi) is 4.15. The molecule has 0 aliphatic heterocycles. The summed E-state index contributed by atoms with van der Waals surface area (Å²) in [6, 6.07) is 3.49. The van der Waals surface area contributed by atoms with Gasteiger partial charge < -0.3 is 15.8 Å². The van der Waals surface area contributed by atoms with Crippen molar-refractivity contribution in [1.82, 2.24) is 10.3 Å². The SMILES string of the molecule is CNC(=O)c1cc(OC2CCCCC2N)ccn1. The maximum Gasteiger partial charge on any atom is 0.269 e. The monoisotopic (exact) mass is 249 g/mol. The first-order chi connectivity index (χ1) is 8.70. The van der Waals surface area contributed by atoms with E-state index in [1.54, 1.807) is 25.4 Å². The summed E-state index contributed by atoms with van der Waals surface area (Å²) in [5, 5.41) is 2.54. The zero-order valence-electron chi connectivity index (χ0n) is 10.6. The number of aromatic nitrogens is 1. The van der Waals surface area contributed by atoms with Gasteiger partial charge in [-0.15, -0.1) is 0 Å². The van der Waals surface area contributed by atoms with Crippen LogP contribution < -0.4 is 15.8 Å². The van der Waals surface area contributed by atoms with E-state index in [2.05, 4.69) is 10.3 Å². The quantitative estimate of drug-likeness (QED) is 0.840. The fraction of sp³-hybridized carbons (Fsp3) is 0.538. The van der Waals surface area contributed by atoms with Crippen LogP contribution in [-0.2, 0) is 0 Å². The summed E-state index contributed by atoms with van der Waals surface area (Å²) in [5.41, 5.74) is 6.39. The molecule has 0 aromatic carbocycles. The van der Waals surface area contributed by atoms with Crippen LogP contribution in [0.4, 0.5) is 0 Å². The number of hydrogen-bond donors (Lipinski definition) is 2. The van der Waals surface area contributed by atoms with E-state index in [1.165, 1.54) is 6.42 Å². The van der Waals surface area contributed by atoms with Crippen LogP contribution in [0.1, 0.15) is 36.2 Å². The Balaban J connectivity index is 2.06. The predicted molar refractivity (Wildman–Crippen MR) is 68.5 cm³/mol. The molecule has 2 atom stereocenters. The first-order valence-electron chi connectivity index (χ1n) is 6.31. The maximum atomic E-state index is 11.5. The van der Waals surface area contributed by atoms with Gasteiger partial charge in [0.2, 0.25) is 0 Å². The van der Waals surface area contributed by atoms with E-state index < -0.39 is 0 Å². The summed E-state index contributed by atoms with van der Waals surface area (Å²) in [7, 11) is 1.58. The second-order valence-corrected chi connectivity index (χ2v) is 4.56. The normalized spacial score (nSPS) is 23.4. The van der Waals surface area contributed by atoms with Gasteiger partial charge >= 0.3 is 0 Å². The minimum atomic E-state index is -0.214. The van der Waals surface area contributed by atoms with Gasteiger partial charge in [-0.1, -0.05) is 6.42 Å². The van der Waals surface area contributed by atoms with E-state index in [-0.39, 0.29) is 18.1 Å². The summed E-state index contributed by atoms with van der Waals surface area (Å²) in [5.74, 6) is 0.444. The Hall–Kier alpha value is -1.62. The van der Waals surface area contributed by atoms with Gasteiger partial charge in [0.05, 0.1) is 0 Å². The number of hydrogen-bond acceptors (Lipinski definition) is 4. The molecule has 3 N–H and O–H groups in total. The van der Waals surface area contributed by atoms with Crippen LogP contribution >= 0.6 is 0 Å². The van der Waals surface area contributed by atoms with Gasteiger partial charge in [0.1, 0.15) is 17.5 Å². The standard InChI is InChI=1S/C13H19N3O2/c1-15-13(17)11-8-9(6-7-16-11)18-12-5-3-2-4-10(12)14/h6-8,10,12H,2-5,14H2,1H3,(H,15,17). The molecule has 2 unspecified atom stereocenters. The fourth-order valence-corrected chi connectivity index (χ4v) is 2.18. The number of ether oxygens (including phenoxy) is 1. The highest BCUT2D eigenvalue weighted by molar-refractivity contribution is 5.92. The molecule has 1 aliphatic carbocycles. The average Bonchev–Trinajstić information content (AvgIpc) is 2.41. The van der Waals surface area contributed by atoms with Crippen LogP contribution in [0.3, 0.4) is 0 Å². The van der Waals surface area contributed by atoms with Crippen molar-refractivity contribution in [1.29, 1.82) is 0 Å². The Labute approximate surface area is 107 Å². The average molecular weight is 249 g/mol. The van der Waals surface area contributed by atoms with Gasteiger partial charge in [-0.3, -0.25) is 9.78 Å². The zero-order valence-corrected chi connectivity index (χ0v) is 10.6. The third kappa shape index (κ3) is 2.98. The molecule has 1 aromatic rings. The highest BCUT2D eigenvalue weighted by atomic mass is 16.5. The lowest BCUT2D eigenvalue weighted by Crippen LogP contribution is -2.41. The molecule has 0 radical (unpaired) electrons. The lowest BCUT2D eigenvalue weighted by molar-refractivity contribution is 0.0956. The van der Waals surface area contributed by atoms with Gasteiger partial charge in [-0.05, 0) is 25.3 Å². The number of nitrogens with one attached hydrogen (secondary N) is 1. The molecular formula is C13H19N3O2. The Morgan fingerprint density at radius 2 is 2.28 bits per heavy atom. The largest absolute Gasteiger partial charge is 0.489 e. The second kappa shape index (κ2) is 5.82. The van der Waals surface area contributed by atoms with Crippen molar-refractivity contribution < 1.29 is 9.53 Å². The molecule has 98 valence electrons. The first kappa shape index (κ1) is 12.8. The van der Waals surface area contributed by atoms with E-state index in [0.717, 1.165) is 19.3 Å². The second-order valence-electron chi connectivity index (χ2n) is 4.56. The lowest BCUT2D eigenvalue weighted by atomic mass is 9.93. The maximum absolute atomic E-state index is 11.5. The van der Waals surface area contributed by atoms with Crippen LogP contribution in [-0.4, -0.2) is 30.1 Å². The number of carbonyl (C=O) groups excluding carboxylic acids is 1. The highest BCUT2D eigenvalue weighted by Crippen LogP contribution is 2.22. The van der Waals surface area contributed by atoms with E-state index >= 15 is 0 Å². The van der Waals surface area contributed by atoms with E-state index in [9.17, 15) is 4.79 Å². The van der Waals surface area contributed by atoms with Crippen molar-refractivity contribution in [3.05, 3.63) is 24.0 Å². The zero-order chi connectivity index (χ0) is 13.0. The summed E-state index contributed by atoms with van der Waals surface area (Å²) in [4.78, 5) is 15.5. The summed E-state index contributed by atoms with van der Waals surface area (Å²) in [6.45, 7) is 0. The minimum absolute atomic E-state index is 0.0405. The van der Waals surface area contributed by atoms with Gasteiger partial charge in [0, 0.05) is 25.4 Å². The van der Waals surface area contributed by atoms with Crippen LogP contribution in [0.2, 0.25) is 0 Å². The lowest BCUT2D eigenvalue weighted by Gasteiger charge is -2.29. The highest BCUT2D eigenvalue weighted by Gasteiger charge is 2.23. The topological polar surface area (TPSA) is 77.2 Å². The van der Waals surface area contributed by atoms with E-state index in [4.69, 9.17) is 10.5 Å². The molecule has 1 saturated carbocycles. The molecular weight excluding hydrogens is 230 g/mol. The van der Waals surface area contributed by atoms with Crippen molar-refractivity contribution in [2.45, 2.75) is 37.8 Å². The van der Waals surface area contributed by atoms with Gasteiger partial charge in [-0.25, -0.2) is 0 Å². The molecule has 5 nitrogen and oxygen atoms in total. The third-order valence-corrected chi connectivity index (χ3v) is 3.23. The third-order valence-electron chi connectivity index (χ3n) is 3.23. The Morgan fingerprint density at radius 3 is 3.00 bits per heavy atom. The van der Waals surface area contributed by atoms with Crippen molar-refractivity contribution in [3.63, 3.8) is 0 Å². The summed E-state index contributed by atoms with van der Waals surface area (Å²) < 4.78 is 5.86. The molecule has 1 aromatic heterocycles. The molecule has 0 saturated heterocycles. The number of pyridine rings is 1. The molecule has 1 aliphatic rings.